The molecule has 3 heteroatoms. The van der Waals surface area contributed by atoms with E-state index < -0.39 is 0 Å². The van der Waals surface area contributed by atoms with Crippen molar-refractivity contribution in [1.29, 1.82) is 0 Å². The van der Waals surface area contributed by atoms with E-state index >= 15 is 0 Å². The van der Waals surface area contributed by atoms with Crippen molar-refractivity contribution < 1.29 is 0 Å². The molecule has 0 radical (unpaired) electrons. The molecule has 0 aliphatic carbocycles. The van der Waals surface area contributed by atoms with Crippen molar-refractivity contribution in [2.45, 2.75) is 92.9 Å². The van der Waals surface area contributed by atoms with E-state index in [1.165, 1.54) is 32.0 Å². The number of para-hydroxylation sites is 2. The monoisotopic (exact) mass is 486 g/mol. The SMILES string of the molecule is C/C(=N\c1c(C(C)C)cccc1C(C)C)c1ccc(/C(C)=N/c2c(C(C)C)cccc2C(C)C)s1. The molecule has 0 unspecified atom stereocenters. The van der Waals surface area contributed by atoms with Crippen LogP contribution in [0.5, 0.6) is 0 Å². The first-order valence-electron chi connectivity index (χ1n) is 13.0. The highest BCUT2D eigenvalue weighted by Crippen LogP contribution is 2.37. The van der Waals surface area contributed by atoms with Gasteiger partial charge in [-0.05, 0) is 71.9 Å². The molecule has 1 heterocycles. The van der Waals surface area contributed by atoms with Crippen LogP contribution >= 0.6 is 11.3 Å². The molecule has 186 valence electrons. The third-order valence-electron chi connectivity index (χ3n) is 6.56. The lowest BCUT2D eigenvalue weighted by Crippen LogP contribution is -1.98. The summed E-state index contributed by atoms with van der Waals surface area (Å²) in [5, 5.41) is 0. The Balaban J connectivity index is 2.03. The van der Waals surface area contributed by atoms with Crippen LogP contribution in [0.4, 0.5) is 11.4 Å². The van der Waals surface area contributed by atoms with Gasteiger partial charge in [-0.1, -0.05) is 91.8 Å². The Bertz CT molecular complexity index is 1080. The van der Waals surface area contributed by atoms with Gasteiger partial charge in [-0.2, -0.15) is 0 Å². The summed E-state index contributed by atoms with van der Waals surface area (Å²) in [5.41, 5.74) is 9.68. The van der Waals surface area contributed by atoms with Crippen molar-refractivity contribution in [2.75, 3.05) is 0 Å². The van der Waals surface area contributed by atoms with Crippen LogP contribution in [-0.2, 0) is 0 Å². The van der Waals surface area contributed by atoms with Gasteiger partial charge in [0.05, 0.1) is 22.8 Å². The van der Waals surface area contributed by atoms with Crippen molar-refractivity contribution in [1.82, 2.24) is 0 Å². The van der Waals surface area contributed by atoms with Gasteiger partial charge in [0, 0.05) is 9.75 Å². The molecule has 0 bridgehead atoms. The number of nitrogens with zero attached hydrogens (tertiary/aromatic N) is 2. The highest BCUT2D eigenvalue weighted by molar-refractivity contribution is 7.16. The van der Waals surface area contributed by atoms with E-state index in [-0.39, 0.29) is 0 Å². The molecule has 35 heavy (non-hydrogen) atoms. The zero-order chi connectivity index (χ0) is 25.9. The molecule has 2 nitrogen and oxygen atoms in total. The zero-order valence-electron chi connectivity index (χ0n) is 23.2. The normalized spacial score (nSPS) is 13.1. The van der Waals surface area contributed by atoms with E-state index in [0.29, 0.717) is 23.7 Å². The Labute approximate surface area is 217 Å². The molecule has 3 rings (SSSR count). The third kappa shape index (κ3) is 6.19. The fraction of sp³-hybridized carbons (Fsp3) is 0.438. The summed E-state index contributed by atoms with van der Waals surface area (Å²) >= 11 is 1.78. The molecule has 0 saturated heterocycles. The number of hydrogen-bond donors (Lipinski definition) is 0. The molecule has 1 aromatic heterocycles. The zero-order valence-corrected chi connectivity index (χ0v) is 24.0. The predicted octanol–water partition coefficient (Wildman–Crippen LogP) is 10.5. The van der Waals surface area contributed by atoms with E-state index in [1.807, 2.05) is 0 Å². The summed E-state index contributed by atoms with van der Waals surface area (Å²) in [6.07, 6.45) is 0. The van der Waals surface area contributed by atoms with E-state index in [4.69, 9.17) is 9.98 Å². The van der Waals surface area contributed by atoms with Crippen molar-refractivity contribution in [3.05, 3.63) is 80.5 Å². The van der Waals surface area contributed by atoms with Gasteiger partial charge in [-0.25, -0.2) is 0 Å². The average Bonchev–Trinajstić information content (AvgIpc) is 3.29. The Kier molecular flexibility index (Phi) is 8.88. The number of benzene rings is 2. The van der Waals surface area contributed by atoms with Gasteiger partial charge in [-0.15, -0.1) is 11.3 Å². The topological polar surface area (TPSA) is 24.7 Å². The van der Waals surface area contributed by atoms with E-state index in [1.54, 1.807) is 11.3 Å². The van der Waals surface area contributed by atoms with Gasteiger partial charge >= 0.3 is 0 Å². The lowest BCUT2D eigenvalue weighted by molar-refractivity contribution is 0.834. The van der Waals surface area contributed by atoms with E-state index in [0.717, 1.165) is 22.8 Å². The lowest BCUT2D eigenvalue weighted by Gasteiger charge is -2.17. The highest BCUT2D eigenvalue weighted by atomic mass is 32.1. The molecule has 0 spiro atoms. The second-order valence-electron chi connectivity index (χ2n) is 10.7. The number of hydrogen-bond acceptors (Lipinski definition) is 3. The van der Waals surface area contributed by atoms with Gasteiger partial charge in [0.15, 0.2) is 0 Å². The van der Waals surface area contributed by atoms with Gasteiger partial charge in [-0.3, -0.25) is 9.98 Å². The maximum Gasteiger partial charge on any atom is 0.0702 e. The smallest absolute Gasteiger partial charge is 0.0702 e. The Hall–Kier alpha value is -2.52. The fourth-order valence-corrected chi connectivity index (χ4v) is 5.35. The summed E-state index contributed by atoms with van der Waals surface area (Å²) in [6.45, 7) is 22.2. The number of thiophene rings is 1. The molecule has 0 N–H and O–H groups in total. The second kappa shape index (κ2) is 11.5. The van der Waals surface area contributed by atoms with Crippen molar-refractivity contribution >= 4 is 34.1 Å². The molecular weight excluding hydrogens is 444 g/mol. The van der Waals surface area contributed by atoms with E-state index in [2.05, 4.69) is 118 Å². The number of aliphatic imine (C=N–C) groups is 2. The van der Waals surface area contributed by atoms with Gasteiger partial charge in [0.1, 0.15) is 0 Å². The standard InChI is InChI=1S/C32H42N2S/c1-19(2)25-13-11-14-26(20(3)4)31(25)33-23(9)29-17-18-30(35-29)24(10)34-32-27(21(5)6)15-12-16-28(32)22(7)8/h11-22H,1-10H3/b33-23+,34-24+. The van der Waals surface area contributed by atoms with Crippen LogP contribution in [0.1, 0.15) is 125 Å². The van der Waals surface area contributed by atoms with Crippen molar-refractivity contribution in [3.63, 3.8) is 0 Å². The minimum Gasteiger partial charge on any atom is -0.252 e. The summed E-state index contributed by atoms with van der Waals surface area (Å²) in [4.78, 5) is 12.8. The van der Waals surface area contributed by atoms with Gasteiger partial charge in [0.2, 0.25) is 0 Å². The molecule has 0 fully saturated rings. The fourth-order valence-electron chi connectivity index (χ4n) is 4.45. The Morgan fingerprint density at radius 3 is 1.06 bits per heavy atom. The first-order valence-corrected chi connectivity index (χ1v) is 13.8. The molecule has 0 aliphatic heterocycles. The summed E-state index contributed by atoms with van der Waals surface area (Å²) in [6, 6.07) is 17.6. The Morgan fingerprint density at radius 2 is 0.800 bits per heavy atom. The van der Waals surface area contributed by atoms with E-state index in [9.17, 15) is 0 Å². The molecule has 0 amide bonds. The largest absolute Gasteiger partial charge is 0.252 e. The predicted molar refractivity (Wildman–Crippen MR) is 157 cm³/mol. The summed E-state index contributed by atoms with van der Waals surface area (Å²) < 4.78 is 0. The van der Waals surface area contributed by atoms with Crippen molar-refractivity contribution in [2.24, 2.45) is 9.98 Å². The summed E-state index contributed by atoms with van der Waals surface area (Å²) in [7, 11) is 0. The van der Waals surface area contributed by atoms with Crippen LogP contribution < -0.4 is 0 Å². The molecular formula is C32H42N2S. The minimum atomic E-state index is 0.435. The van der Waals surface area contributed by atoms with Crippen LogP contribution in [0, 0.1) is 0 Å². The molecule has 2 aromatic carbocycles. The first-order chi connectivity index (χ1) is 16.5. The maximum absolute atomic E-state index is 5.19. The summed E-state index contributed by atoms with van der Waals surface area (Å²) in [5.74, 6) is 1.74. The van der Waals surface area contributed by atoms with Crippen LogP contribution in [0.3, 0.4) is 0 Å². The van der Waals surface area contributed by atoms with Crippen LogP contribution in [-0.4, -0.2) is 11.4 Å². The number of rotatable bonds is 8. The van der Waals surface area contributed by atoms with Gasteiger partial charge in [0.25, 0.3) is 0 Å². The van der Waals surface area contributed by atoms with Crippen LogP contribution in [0.15, 0.2) is 58.5 Å². The highest BCUT2D eigenvalue weighted by Gasteiger charge is 2.16. The average molecular weight is 487 g/mol. The minimum absolute atomic E-state index is 0.435. The van der Waals surface area contributed by atoms with Crippen LogP contribution in [0.25, 0.3) is 0 Å². The van der Waals surface area contributed by atoms with Crippen molar-refractivity contribution in [3.8, 4) is 0 Å². The maximum atomic E-state index is 5.19. The van der Waals surface area contributed by atoms with Gasteiger partial charge < -0.3 is 0 Å². The van der Waals surface area contributed by atoms with Crippen LogP contribution in [0.2, 0.25) is 0 Å². The first kappa shape index (κ1) is 27.1. The molecule has 3 aromatic rings. The second-order valence-corrected chi connectivity index (χ2v) is 11.8. The quantitative estimate of drug-likeness (QED) is 0.283. The molecule has 0 atom stereocenters. The Morgan fingerprint density at radius 1 is 0.514 bits per heavy atom. The third-order valence-corrected chi connectivity index (χ3v) is 7.87. The lowest BCUT2D eigenvalue weighted by atomic mass is 9.93. The molecule has 0 saturated carbocycles. The molecule has 0 aliphatic rings.